The number of hydrogen-bond donors (Lipinski definition) is 4. The molecule has 7 heteroatoms. The third-order valence-electron chi connectivity index (χ3n) is 1.91. The summed E-state index contributed by atoms with van der Waals surface area (Å²) in [7, 11) is 0. The molecule has 7 nitrogen and oxygen atoms in total. The maximum atomic E-state index is 10.4. The Morgan fingerprint density at radius 1 is 1.44 bits per heavy atom. The number of aliphatic hydroxyl groups is 3. The number of pyridine rings is 1. The van der Waals surface area contributed by atoms with Crippen LogP contribution in [0, 0.1) is 0 Å². The van der Waals surface area contributed by atoms with Crippen LogP contribution in [0.5, 0.6) is 0 Å². The molecule has 0 bridgehead atoms. The van der Waals surface area contributed by atoms with Crippen molar-refractivity contribution in [3.8, 4) is 0 Å². The van der Waals surface area contributed by atoms with Crippen molar-refractivity contribution >= 4 is 12.2 Å². The summed E-state index contributed by atoms with van der Waals surface area (Å²) in [5.41, 5.74) is 5.38. The first-order chi connectivity index (χ1) is 8.52. The number of aldehydes is 1. The lowest BCUT2D eigenvalue weighted by Crippen LogP contribution is -2.29. The van der Waals surface area contributed by atoms with Crippen LogP contribution in [0.3, 0.4) is 0 Å². The predicted octanol–water partition coefficient (Wildman–Crippen LogP) is -1.53. The molecule has 0 unspecified atom stereocenters. The van der Waals surface area contributed by atoms with Gasteiger partial charge in [-0.2, -0.15) is 0 Å². The minimum absolute atomic E-state index is 0.137. The van der Waals surface area contributed by atoms with Crippen molar-refractivity contribution < 1.29 is 24.9 Å². The third-order valence-corrected chi connectivity index (χ3v) is 1.91. The van der Waals surface area contributed by atoms with Gasteiger partial charge in [-0.1, -0.05) is 0 Å². The standard InChI is InChI=1S/C6H6N2O.C5H10O4/c7-6(9)5-2-1-3-8-4-5;6-2-1-4(8)5(9)3-7/h1-4H,(H2,7,9);2,4-5,7-9H,1,3H2/t;4-,5+/m.0/s1. The summed E-state index contributed by atoms with van der Waals surface area (Å²) in [6, 6.07) is 3.29. The van der Waals surface area contributed by atoms with Crippen molar-refractivity contribution in [2.45, 2.75) is 18.6 Å². The number of carbonyl (C=O) groups is 2. The Kier molecular flexibility index (Phi) is 8.29. The smallest absolute Gasteiger partial charge is 0.250 e. The average molecular weight is 256 g/mol. The first-order valence-electron chi connectivity index (χ1n) is 5.13. The minimum atomic E-state index is -1.20. The second-order valence-corrected chi connectivity index (χ2v) is 3.33. The second kappa shape index (κ2) is 9.23. The zero-order valence-electron chi connectivity index (χ0n) is 9.64. The van der Waals surface area contributed by atoms with E-state index in [2.05, 4.69) is 4.98 Å². The van der Waals surface area contributed by atoms with Crippen molar-refractivity contribution in [2.75, 3.05) is 6.61 Å². The molecule has 100 valence electrons. The third kappa shape index (κ3) is 6.69. The van der Waals surface area contributed by atoms with E-state index in [0.29, 0.717) is 11.8 Å². The molecule has 1 aromatic rings. The Bertz CT molecular complexity index is 358. The fourth-order valence-electron chi connectivity index (χ4n) is 0.886. The maximum Gasteiger partial charge on any atom is 0.250 e. The summed E-state index contributed by atoms with van der Waals surface area (Å²) in [5, 5.41) is 25.5. The van der Waals surface area contributed by atoms with Gasteiger partial charge < -0.3 is 25.8 Å². The van der Waals surface area contributed by atoms with Crippen LogP contribution < -0.4 is 5.73 Å². The molecule has 1 heterocycles. The lowest BCUT2D eigenvalue weighted by atomic mass is 10.2. The molecule has 0 aliphatic carbocycles. The van der Waals surface area contributed by atoms with Gasteiger partial charge in [0.25, 0.3) is 0 Å². The number of rotatable bonds is 5. The molecule has 0 saturated heterocycles. The molecule has 0 aromatic carbocycles. The Morgan fingerprint density at radius 2 is 2.11 bits per heavy atom. The molecule has 5 N–H and O–H groups in total. The van der Waals surface area contributed by atoms with Gasteiger partial charge in [0.15, 0.2) is 0 Å². The highest BCUT2D eigenvalue weighted by Crippen LogP contribution is 1.94. The summed E-state index contributed by atoms with van der Waals surface area (Å²) < 4.78 is 0. The van der Waals surface area contributed by atoms with Crippen molar-refractivity contribution in [3.05, 3.63) is 30.1 Å². The molecule has 1 amide bonds. The summed E-state index contributed by atoms with van der Waals surface area (Å²) >= 11 is 0. The number of carbonyl (C=O) groups excluding carboxylic acids is 2. The molecule has 0 radical (unpaired) electrons. The van der Waals surface area contributed by atoms with Crippen molar-refractivity contribution in [3.63, 3.8) is 0 Å². The van der Waals surface area contributed by atoms with E-state index in [4.69, 9.17) is 21.1 Å². The van der Waals surface area contributed by atoms with Gasteiger partial charge in [0, 0.05) is 18.8 Å². The normalized spacial score (nSPS) is 12.8. The van der Waals surface area contributed by atoms with E-state index in [1.165, 1.54) is 6.20 Å². The van der Waals surface area contributed by atoms with E-state index in [0.717, 1.165) is 0 Å². The number of nitrogens with zero attached hydrogens (tertiary/aromatic N) is 1. The van der Waals surface area contributed by atoms with Gasteiger partial charge in [0.1, 0.15) is 12.4 Å². The number of amides is 1. The Hall–Kier alpha value is -1.83. The molecule has 0 aliphatic rings. The SMILES string of the molecule is NC(=O)c1cccnc1.O=CC[C@H](O)[C@H](O)CO. The van der Waals surface area contributed by atoms with E-state index < -0.39 is 24.7 Å². The zero-order chi connectivity index (χ0) is 14.0. The second-order valence-electron chi connectivity index (χ2n) is 3.33. The summed E-state index contributed by atoms with van der Waals surface area (Å²) in [6.45, 7) is -0.519. The lowest BCUT2D eigenvalue weighted by Gasteiger charge is -2.11. The highest BCUT2D eigenvalue weighted by atomic mass is 16.4. The summed E-state index contributed by atoms with van der Waals surface area (Å²) in [6.07, 6.45) is 1.04. The lowest BCUT2D eigenvalue weighted by molar-refractivity contribution is -0.111. The van der Waals surface area contributed by atoms with Gasteiger partial charge in [0.2, 0.25) is 5.91 Å². The monoisotopic (exact) mass is 256 g/mol. The fourth-order valence-corrected chi connectivity index (χ4v) is 0.886. The van der Waals surface area contributed by atoms with Crippen molar-refractivity contribution in [1.82, 2.24) is 4.98 Å². The van der Waals surface area contributed by atoms with Crippen LogP contribution in [0.4, 0.5) is 0 Å². The number of aliphatic hydroxyl groups excluding tert-OH is 3. The first-order valence-corrected chi connectivity index (χ1v) is 5.13. The van der Waals surface area contributed by atoms with Gasteiger partial charge in [-0.05, 0) is 12.1 Å². The first kappa shape index (κ1) is 16.2. The van der Waals surface area contributed by atoms with Crippen LogP contribution in [0.15, 0.2) is 24.5 Å². The molecule has 0 fully saturated rings. The number of aromatic nitrogens is 1. The molecular weight excluding hydrogens is 240 g/mol. The van der Waals surface area contributed by atoms with Gasteiger partial charge >= 0.3 is 0 Å². The highest BCUT2D eigenvalue weighted by molar-refractivity contribution is 5.92. The Labute approximate surface area is 104 Å². The molecule has 0 spiro atoms. The molecule has 2 atom stereocenters. The maximum absolute atomic E-state index is 10.4. The van der Waals surface area contributed by atoms with Crippen LogP contribution in [0.2, 0.25) is 0 Å². The van der Waals surface area contributed by atoms with Crippen LogP contribution >= 0.6 is 0 Å². The summed E-state index contributed by atoms with van der Waals surface area (Å²) in [4.78, 5) is 23.8. The van der Waals surface area contributed by atoms with E-state index in [9.17, 15) is 9.59 Å². The quantitative estimate of drug-likeness (QED) is 0.472. The van der Waals surface area contributed by atoms with Crippen molar-refractivity contribution in [1.29, 1.82) is 0 Å². The van der Waals surface area contributed by atoms with E-state index in [1.54, 1.807) is 18.3 Å². The minimum Gasteiger partial charge on any atom is -0.394 e. The molecular formula is C11H16N2O5. The van der Waals surface area contributed by atoms with E-state index >= 15 is 0 Å². The zero-order valence-corrected chi connectivity index (χ0v) is 9.64. The molecule has 1 rings (SSSR count). The Morgan fingerprint density at radius 3 is 2.44 bits per heavy atom. The number of primary amides is 1. The van der Waals surface area contributed by atoms with Gasteiger partial charge in [-0.25, -0.2) is 0 Å². The largest absolute Gasteiger partial charge is 0.394 e. The summed E-state index contributed by atoms with van der Waals surface area (Å²) in [5.74, 6) is -0.442. The van der Waals surface area contributed by atoms with Crippen LogP contribution in [0.1, 0.15) is 16.8 Å². The topological polar surface area (TPSA) is 134 Å². The van der Waals surface area contributed by atoms with Crippen LogP contribution in [-0.2, 0) is 4.79 Å². The van der Waals surface area contributed by atoms with Gasteiger partial charge in [-0.15, -0.1) is 0 Å². The van der Waals surface area contributed by atoms with Gasteiger partial charge in [-0.3, -0.25) is 9.78 Å². The Balaban J connectivity index is 0.000000321. The van der Waals surface area contributed by atoms with Crippen molar-refractivity contribution in [2.24, 2.45) is 5.73 Å². The van der Waals surface area contributed by atoms with Gasteiger partial charge in [0.05, 0.1) is 18.3 Å². The number of hydrogen-bond acceptors (Lipinski definition) is 6. The molecule has 0 aliphatic heterocycles. The molecule has 1 aromatic heterocycles. The molecule has 18 heavy (non-hydrogen) atoms. The van der Waals surface area contributed by atoms with Crippen LogP contribution in [-0.4, -0.2) is 51.3 Å². The predicted molar refractivity (Wildman–Crippen MR) is 62.5 cm³/mol. The van der Waals surface area contributed by atoms with E-state index in [1.807, 2.05) is 0 Å². The van der Waals surface area contributed by atoms with E-state index in [-0.39, 0.29) is 6.42 Å². The van der Waals surface area contributed by atoms with Crippen LogP contribution in [0.25, 0.3) is 0 Å². The molecule has 0 saturated carbocycles. The fraction of sp³-hybridized carbons (Fsp3) is 0.364. The number of nitrogens with two attached hydrogens (primary N) is 1. The average Bonchev–Trinajstić information content (AvgIpc) is 2.39. The highest BCUT2D eigenvalue weighted by Gasteiger charge is 2.13.